The molecular weight excluding hydrogens is 262 g/mol. The van der Waals surface area contributed by atoms with Crippen molar-refractivity contribution in [3.05, 3.63) is 35.6 Å². The number of nitrogens with one attached hydrogen (secondary N) is 1. The fraction of sp³-hybridized carbons (Fsp3) is 0.556. The van der Waals surface area contributed by atoms with E-state index in [1.54, 1.807) is 0 Å². The number of benzene rings is 1. The van der Waals surface area contributed by atoms with Crippen LogP contribution in [0.1, 0.15) is 44.9 Å². The molecule has 3 nitrogen and oxygen atoms in total. The third-order valence-corrected chi connectivity index (χ3v) is 4.74. The molecule has 2 aromatic rings. The number of hydrogen-bond donors (Lipinski definition) is 2. The summed E-state index contributed by atoms with van der Waals surface area (Å²) in [6, 6.07) is 8.20. The van der Waals surface area contributed by atoms with Gasteiger partial charge in [-0.2, -0.15) is 0 Å². The first-order valence-electron chi connectivity index (χ1n) is 8.00. The highest BCUT2D eigenvalue weighted by molar-refractivity contribution is 5.82. The minimum absolute atomic E-state index is 0.00802. The number of hydrogen-bond acceptors (Lipinski definition) is 3. The van der Waals surface area contributed by atoms with E-state index < -0.39 is 0 Å². The molecule has 0 spiro atoms. The third kappa shape index (κ3) is 3.30. The van der Waals surface area contributed by atoms with Crippen molar-refractivity contribution in [3.8, 4) is 0 Å². The first kappa shape index (κ1) is 16.1. The summed E-state index contributed by atoms with van der Waals surface area (Å²) in [4.78, 5) is 0. The average molecular weight is 289 g/mol. The van der Waals surface area contributed by atoms with Crippen LogP contribution in [0.5, 0.6) is 0 Å². The second-order valence-electron chi connectivity index (χ2n) is 5.82. The van der Waals surface area contributed by atoms with Gasteiger partial charge < -0.3 is 14.8 Å². The molecule has 1 heterocycles. The Hall–Kier alpha value is -1.32. The van der Waals surface area contributed by atoms with Crippen LogP contribution in [0.4, 0.5) is 0 Å². The van der Waals surface area contributed by atoms with Crippen molar-refractivity contribution >= 4 is 11.0 Å². The van der Waals surface area contributed by atoms with Crippen molar-refractivity contribution < 1.29 is 9.52 Å². The number of aliphatic hydroxyl groups excluding tert-OH is 1. The fourth-order valence-corrected chi connectivity index (χ4v) is 2.86. The molecule has 1 aromatic carbocycles. The summed E-state index contributed by atoms with van der Waals surface area (Å²) >= 11 is 0. The molecule has 1 aromatic heterocycles. The van der Waals surface area contributed by atoms with Gasteiger partial charge in [-0.1, -0.05) is 39.0 Å². The number of para-hydroxylation sites is 1. The van der Waals surface area contributed by atoms with E-state index in [2.05, 4.69) is 38.2 Å². The lowest BCUT2D eigenvalue weighted by molar-refractivity contribution is 0.113. The molecule has 0 aliphatic rings. The molecular formula is C18H27NO2. The Balaban J connectivity index is 2.13. The predicted octanol–water partition coefficient (Wildman–Crippen LogP) is 3.88. The van der Waals surface area contributed by atoms with Crippen LogP contribution in [0.15, 0.2) is 28.7 Å². The highest BCUT2D eigenvalue weighted by atomic mass is 16.3. The van der Waals surface area contributed by atoms with E-state index in [-0.39, 0.29) is 12.0 Å². The van der Waals surface area contributed by atoms with Crippen LogP contribution in [0, 0.1) is 5.41 Å². The Morgan fingerprint density at radius 3 is 2.48 bits per heavy atom. The highest BCUT2D eigenvalue weighted by Gasteiger charge is 2.25. The maximum Gasteiger partial charge on any atom is 0.134 e. The summed E-state index contributed by atoms with van der Waals surface area (Å²) in [6.07, 6.45) is 2.87. The molecule has 0 unspecified atom stereocenters. The summed E-state index contributed by atoms with van der Waals surface area (Å²) in [7, 11) is 0. The van der Waals surface area contributed by atoms with Gasteiger partial charge in [0.25, 0.3) is 0 Å². The predicted molar refractivity (Wildman–Crippen MR) is 87.4 cm³/mol. The molecule has 0 fully saturated rings. The van der Waals surface area contributed by atoms with E-state index in [0.717, 1.165) is 43.7 Å². The van der Waals surface area contributed by atoms with Crippen molar-refractivity contribution in [2.24, 2.45) is 5.41 Å². The molecule has 3 heteroatoms. The number of rotatable bonds is 8. The average Bonchev–Trinajstić information content (AvgIpc) is 2.90. The number of fused-ring (bicyclic) bond motifs is 1. The fourth-order valence-electron chi connectivity index (χ4n) is 2.86. The lowest BCUT2D eigenvalue weighted by atomic mass is 9.83. The zero-order valence-electron chi connectivity index (χ0n) is 13.4. The molecule has 21 heavy (non-hydrogen) atoms. The van der Waals surface area contributed by atoms with E-state index in [1.165, 1.54) is 10.9 Å². The smallest absolute Gasteiger partial charge is 0.134 e. The summed E-state index contributed by atoms with van der Waals surface area (Å²) in [5, 5.41) is 14.4. The van der Waals surface area contributed by atoms with Crippen LogP contribution in [-0.2, 0) is 13.0 Å². The molecule has 0 saturated heterocycles. The Morgan fingerprint density at radius 2 is 1.86 bits per heavy atom. The molecule has 0 aliphatic carbocycles. The van der Waals surface area contributed by atoms with Gasteiger partial charge in [0.1, 0.15) is 11.3 Å². The van der Waals surface area contributed by atoms with Crippen LogP contribution in [0.3, 0.4) is 0 Å². The summed E-state index contributed by atoms with van der Waals surface area (Å²) < 4.78 is 5.92. The van der Waals surface area contributed by atoms with Crippen molar-refractivity contribution in [2.45, 2.75) is 46.6 Å². The first-order valence-corrected chi connectivity index (χ1v) is 8.00. The van der Waals surface area contributed by atoms with Crippen molar-refractivity contribution in [3.63, 3.8) is 0 Å². The maximum atomic E-state index is 9.65. The van der Waals surface area contributed by atoms with E-state index in [1.807, 2.05) is 12.1 Å². The standard InChI is InChI=1S/C18H27NO2/c1-4-16-15(14-9-7-8-10-17(14)21-16)11-19-12-18(5-2,6-3)13-20/h7-10,19-20H,4-6,11-13H2,1-3H3. The third-order valence-electron chi connectivity index (χ3n) is 4.74. The molecule has 116 valence electrons. The molecule has 0 bridgehead atoms. The van der Waals surface area contributed by atoms with E-state index in [9.17, 15) is 5.11 Å². The van der Waals surface area contributed by atoms with Gasteiger partial charge in [-0.25, -0.2) is 0 Å². The molecule has 0 atom stereocenters. The van der Waals surface area contributed by atoms with Crippen LogP contribution in [0.2, 0.25) is 0 Å². The summed E-state index contributed by atoms with van der Waals surface area (Å²) in [6.45, 7) is 8.27. The SMILES string of the molecule is CCc1oc2ccccc2c1CNCC(CC)(CC)CO. The number of aliphatic hydroxyl groups is 1. The van der Waals surface area contributed by atoms with Crippen molar-refractivity contribution in [2.75, 3.05) is 13.2 Å². The van der Waals surface area contributed by atoms with Gasteiger partial charge in [-0.3, -0.25) is 0 Å². The van der Waals surface area contributed by atoms with Gasteiger partial charge >= 0.3 is 0 Å². The van der Waals surface area contributed by atoms with Gasteiger partial charge in [0, 0.05) is 42.5 Å². The van der Waals surface area contributed by atoms with Gasteiger partial charge in [-0.15, -0.1) is 0 Å². The molecule has 0 amide bonds. The largest absolute Gasteiger partial charge is 0.461 e. The molecule has 0 radical (unpaired) electrons. The second-order valence-corrected chi connectivity index (χ2v) is 5.82. The van der Waals surface area contributed by atoms with Gasteiger partial charge in [0.05, 0.1) is 0 Å². The molecule has 2 rings (SSSR count). The van der Waals surface area contributed by atoms with E-state index in [0.29, 0.717) is 0 Å². The zero-order chi connectivity index (χ0) is 15.3. The van der Waals surface area contributed by atoms with Crippen molar-refractivity contribution in [1.82, 2.24) is 5.32 Å². The highest BCUT2D eigenvalue weighted by Crippen LogP contribution is 2.28. The van der Waals surface area contributed by atoms with E-state index >= 15 is 0 Å². The Morgan fingerprint density at radius 1 is 1.14 bits per heavy atom. The second kappa shape index (κ2) is 7.10. The van der Waals surface area contributed by atoms with Crippen LogP contribution >= 0.6 is 0 Å². The normalized spacial score (nSPS) is 12.2. The lowest BCUT2D eigenvalue weighted by Crippen LogP contribution is -2.36. The lowest BCUT2D eigenvalue weighted by Gasteiger charge is -2.29. The molecule has 0 saturated carbocycles. The van der Waals surface area contributed by atoms with Gasteiger partial charge in [0.15, 0.2) is 0 Å². The molecule has 0 aliphatic heterocycles. The number of furan rings is 1. The summed E-state index contributed by atoms with van der Waals surface area (Å²) in [5.41, 5.74) is 2.21. The number of aryl methyl sites for hydroxylation is 1. The first-order chi connectivity index (χ1) is 10.2. The van der Waals surface area contributed by atoms with Crippen LogP contribution in [0.25, 0.3) is 11.0 Å². The quantitative estimate of drug-likeness (QED) is 0.775. The monoisotopic (exact) mass is 289 g/mol. The zero-order valence-corrected chi connectivity index (χ0v) is 13.4. The maximum absolute atomic E-state index is 9.65. The van der Waals surface area contributed by atoms with Gasteiger partial charge in [0.2, 0.25) is 0 Å². The van der Waals surface area contributed by atoms with E-state index in [4.69, 9.17) is 4.42 Å². The topological polar surface area (TPSA) is 45.4 Å². The molecule has 2 N–H and O–H groups in total. The van der Waals surface area contributed by atoms with Crippen LogP contribution < -0.4 is 5.32 Å². The Labute approximate surface area is 127 Å². The summed E-state index contributed by atoms with van der Waals surface area (Å²) in [5.74, 6) is 1.06. The van der Waals surface area contributed by atoms with Gasteiger partial charge in [-0.05, 0) is 18.9 Å². The van der Waals surface area contributed by atoms with Crippen molar-refractivity contribution in [1.29, 1.82) is 0 Å². The Bertz CT molecular complexity index is 561. The Kier molecular flexibility index (Phi) is 5.43. The van der Waals surface area contributed by atoms with Crippen LogP contribution in [-0.4, -0.2) is 18.3 Å². The minimum atomic E-state index is -0.00802. The minimum Gasteiger partial charge on any atom is -0.461 e.